The van der Waals surface area contributed by atoms with Gasteiger partial charge in [-0.3, -0.25) is 0 Å². The Labute approximate surface area is 110 Å². The summed E-state index contributed by atoms with van der Waals surface area (Å²) < 4.78 is 5.70. The molecule has 0 radical (unpaired) electrons. The molecule has 0 aliphatic carbocycles. The summed E-state index contributed by atoms with van der Waals surface area (Å²) in [6, 6.07) is 6.54. The van der Waals surface area contributed by atoms with Crippen molar-refractivity contribution in [2.45, 2.75) is 39.3 Å². The highest BCUT2D eigenvalue weighted by Gasteiger charge is 2.18. The van der Waals surface area contributed by atoms with Gasteiger partial charge < -0.3 is 15.4 Å². The summed E-state index contributed by atoms with van der Waals surface area (Å²) in [5.41, 5.74) is 2.71. The molecular weight excluding hydrogens is 224 g/mol. The summed E-state index contributed by atoms with van der Waals surface area (Å²) in [5, 5.41) is 6.81. The average molecular weight is 248 g/mol. The highest BCUT2D eigenvalue weighted by atomic mass is 16.5. The Morgan fingerprint density at radius 3 is 2.94 bits per heavy atom. The lowest BCUT2D eigenvalue weighted by Gasteiger charge is -2.07. The summed E-state index contributed by atoms with van der Waals surface area (Å²) >= 11 is 0. The molecule has 1 aromatic carbocycles. The van der Waals surface area contributed by atoms with Gasteiger partial charge >= 0.3 is 0 Å². The molecular formula is C15H24N2O. The monoisotopic (exact) mass is 248 g/mol. The van der Waals surface area contributed by atoms with Gasteiger partial charge in [-0.15, -0.1) is 0 Å². The third-order valence-electron chi connectivity index (χ3n) is 3.25. The first-order valence-electron chi connectivity index (χ1n) is 6.99. The number of fused-ring (bicyclic) bond motifs is 1. The molecule has 100 valence electrons. The quantitative estimate of drug-likeness (QED) is 0.725. The van der Waals surface area contributed by atoms with E-state index in [2.05, 4.69) is 42.7 Å². The first kappa shape index (κ1) is 13.4. The van der Waals surface area contributed by atoms with Crippen molar-refractivity contribution in [1.82, 2.24) is 10.6 Å². The Morgan fingerprint density at radius 1 is 1.28 bits per heavy atom. The zero-order valence-corrected chi connectivity index (χ0v) is 11.5. The van der Waals surface area contributed by atoms with E-state index >= 15 is 0 Å². The lowest BCUT2D eigenvalue weighted by atomic mass is 10.1. The molecule has 2 N–H and O–H groups in total. The molecule has 2 rings (SSSR count). The fourth-order valence-electron chi connectivity index (χ4n) is 2.33. The highest BCUT2D eigenvalue weighted by Crippen LogP contribution is 2.29. The number of benzene rings is 1. The number of rotatable bonds is 7. The Balaban J connectivity index is 1.72. The summed E-state index contributed by atoms with van der Waals surface area (Å²) in [5.74, 6) is 1.07. The van der Waals surface area contributed by atoms with Crippen molar-refractivity contribution in [2.75, 3.05) is 19.6 Å². The van der Waals surface area contributed by atoms with Gasteiger partial charge in [-0.05, 0) is 50.2 Å². The van der Waals surface area contributed by atoms with Crippen LogP contribution in [0.25, 0.3) is 0 Å². The predicted octanol–water partition coefficient (Wildman–Crippen LogP) is 2.10. The van der Waals surface area contributed by atoms with E-state index in [4.69, 9.17) is 4.74 Å². The van der Waals surface area contributed by atoms with Crippen molar-refractivity contribution in [3.63, 3.8) is 0 Å². The van der Waals surface area contributed by atoms with Gasteiger partial charge in [-0.2, -0.15) is 0 Å². The van der Waals surface area contributed by atoms with E-state index in [1.54, 1.807) is 0 Å². The van der Waals surface area contributed by atoms with E-state index in [-0.39, 0.29) is 0 Å². The zero-order valence-electron chi connectivity index (χ0n) is 11.5. The SMILES string of the molecule is CCNCCCNCc1ccc2c(c1)CC(C)O2. The third-order valence-corrected chi connectivity index (χ3v) is 3.25. The van der Waals surface area contributed by atoms with Crippen molar-refractivity contribution in [1.29, 1.82) is 0 Å². The topological polar surface area (TPSA) is 33.3 Å². The number of hydrogen-bond acceptors (Lipinski definition) is 3. The van der Waals surface area contributed by atoms with Crippen molar-refractivity contribution >= 4 is 0 Å². The molecule has 1 aliphatic rings. The minimum absolute atomic E-state index is 0.336. The van der Waals surface area contributed by atoms with Crippen LogP contribution in [0.1, 0.15) is 31.4 Å². The van der Waals surface area contributed by atoms with Gasteiger partial charge in [-0.25, -0.2) is 0 Å². The number of hydrogen-bond donors (Lipinski definition) is 2. The minimum atomic E-state index is 0.336. The van der Waals surface area contributed by atoms with Crippen LogP contribution >= 0.6 is 0 Å². The molecule has 3 nitrogen and oxygen atoms in total. The van der Waals surface area contributed by atoms with Gasteiger partial charge in [0.05, 0.1) is 0 Å². The van der Waals surface area contributed by atoms with Crippen molar-refractivity contribution in [3.05, 3.63) is 29.3 Å². The second-order valence-electron chi connectivity index (χ2n) is 4.96. The Hall–Kier alpha value is -1.06. The van der Waals surface area contributed by atoms with Crippen LogP contribution in [0.2, 0.25) is 0 Å². The molecule has 18 heavy (non-hydrogen) atoms. The van der Waals surface area contributed by atoms with Crippen LogP contribution in [0.5, 0.6) is 5.75 Å². The molecule has 1 aliphatic heterocycles. The molecule has 1 unspecified atom stereocenters. The lowest BCUT2D eigenvalue weighted by molar-refractivity contribution is 0.254. The molecule has 3 heteroatoms. The van der Waals surface area contributed by atoms with Crippen LogP contribution in [0.15, 0.2) is 18.2 Å². The summed E-state index contributed by atoms with van der Waals surface area (Å²) in [7, 11) is 0. The minimum Gasteiger partial charge on any atom is -0.490 e. The normalized spacial score (nSPS) is 17.6. The summed E-state index contributed by atoms with van der Waals surface area (Å²) in [6.45, 7) is 8.44. The van der Waals surface area contributed by atoms with Crippen LogP contribution in [-0.4, -0.2) is 25.7 Å². The fraction of sp³-hybridized carbons (Fsp3) is 0.600. The van der Waals surface area contributed by atoms with Crippen LogP contribution in [0.4, 0.5) is 0 Å². The molecule has 0 saturated heterocycles. The van der Waals surface area contributed by atoms with E-state index in [9.17, 15) is 0 Å². The van der Waals surface area contributed by atoms with Crippen LogP contribution in [0, 0.1) is 0 Å². The Kier molecular flexibility index (Phi) is 5.02. The Morgan fingerprint density at radius 2 is 2.11 bits per heavy atom. The maximum atomic E-state index is 5.70. The largest absolute Gasteiger partial charge is 0.490 e. The number of ether oxygens (including phenoxy) is 1. The van der Waals surface area contributed by atoms with Crippen molar-refractivity contribution in [2.24, 2.45) is 0 Å². The Bertz CT molecular complexity index is 379. The molecule has 1 atom stereocenters. The summed E-state index contributed by atoms with van der Waals surface area (Å²) in [4.78, 5) is 0. The van der Waals surface area contributed by atoms with Crippen LogP contribution in [-0.2, 0) is 13.0 Å². The molecule has 0 amide bonds. The van der Waals surface area contributed by atoms with Gasteiger partial charge in [0.1, 0.15) is 11.9 Å². The zero-order chi connectivity index (χ0) is 12.8. The van der Waals surface area contributed by atoms with E-state index in [0.29, 0.717) is 6.10 Å². The second kappa shape index (κ2) is 6.76. The first-order chi connectivity index (χ1) is 8.79. The molecule has 0 bridgehead atoms. The van der Waals surface area contributed by atoms with Crippen LogP contribution < -0.4 is 15.4 Å². The molecule has 0 aromatic heterocycles. The van der Waals surface area contributed by atoms with Gasteiger partial charge in [0, 0.05) is 13.0 Å². The van der Waals surface area contributed by atoms with Crippen molar-refractivity contribution < 1.29 is 4.74 Å². The lowest BCUT2D eigenvalue weighted by Crippen LogP contribution is -2.21. The maximum absolute atomic E-state index is 5.70. The van der Waals surface area contributed by atoms with E-state index in [1.807, 2.05) is 0 Å². The van der Waals surface area contributed by atoms with E-state index in [0.717, 1.165) is 38.3 Å². The third kappa shape index (κ3) is 3.72. The van der Waals surface area contributed by atoms with Crippen molar-refractivity contribution in [3.8, 4) is 5.75 Å². The maximum Gasteiger partial charge on any atom is 0.123 e. The van der Waals surface area contributed by atoms with Crippen LogP contribution in [0.3, 0.4) is 0 Å². The number of nitrogens with one attached hydrogen (secondary N) is 2. The van der Waals surface area contributed by atoms with Gasteiger partial charge in [0.2, 0.25) is 0 Å². The highest BCUT2D eigenvalue weighted by molar-refractivity contribution is 5.40. The summed E-state index contributed by atoms with van der Waals surface area (Å²) in [6.07, 6.45) is 2.56. The smallest absolute Gasteiger partial charge is 0.123 e. The van der Waals surface area contributed by atoms with Gasteiger partial charge in [0.25, 0.3) is 0 Å². The van der Waals surface area contributed by atoms with Gasteiger partial charge in [-0.1, -0.05) is 19.1 Å². The molecule has 0 fully saturated rings. The molecule has 0 saturated carbocycles. The first-order valence-corrected chi connectivity index (χ1v) is 6.99. The van der Waals surface area contributed by atoms with E-state index < -0.39 is 0 Å². The molecule has 1 aromatic rings. The average Bonchev–Trinajstić information content (AvgIpc) is 2.73. The van der Waals surface area contributed by atoms with E-state index in [1.165, 1.54) is 17.5 Å². The molecule has 1 heterocycles. The molecule has 0 spiro atoms. The second-order valence-corrected chi connectivity index (χ2v) is 4.96. The standard InChI is InChI=1S/C15H24N2O/c1-3-16-7-4-8-17-11-13-5-6-15-14(10-13)9-12(2)18-15/h5-6,10,12,16-17H,3-4,7-9,11H2,1-2H3. The fourth-order valence-corrected chi connectivity index (χ4v) is 2.33. The predicted molar refractivity (Wildman–Crippen MR) is 75.1 cm³/mol. The van der Waals surface area contributed by atoms with Gasteiger partial charge in [0.15, 0.2) is 0 Å².